The Morgan fingerprint density at radius 2 is 1.95 bits per heavy atom. The fourth-order valence-corrected chi connectivity index (χ4v) is 2.63. The monoisotopic (exact) mass is 279 g/mol. The van der Waals surface area contributed by atoms with E-state index in [2.05, 4.69) is 27.8 Å². The standard InChI is InChI=1S/C16H13N3S/c17-11-13-6-7-14-15(10-13)19(16(20)18-14)9-8-12-4-2-1-3-5-12/h1-7,10H,8-9H2,(H,18,20). The first kappa shape index (κ1) is 12.6. The molecule has 98 valence electrons. The number of aromatic nitrogens is 2. The summed E-state index contributed by atoms with van der Waals surface area (Å²) in [6.45, 7) is 0.803. The summed E-state index contributed by atoms with van der Waals surface area (Å²) in [4.78, 5) is 3.18. The second-order valence-corrected chi connectivity index (χ2v) is 5.05. The van der Waals surface area contributed by atoms with Gasteiger partial charge in [-0.15, -0.1) is 0 Å². The van der Waals surface area contributed by atoms with Crippen molar-refractivity contribution >= 4 is 23.3 Å². The van der Waals surface area contributed by atoms with Crippen LogP contribution >= 0.6 is 12.2 Å². The molecular formula is C16H13N3S. The van der Waals surface area contributed by atoms with E-state index in [0.29, 0.717) is 10.3 Å². The lowest BCUT2D eigenvalue weighted by molar-refractivity contribution is 0.706. The lowest BCUT2D eigenvalue weighted by Gasteiger charge is -2.05. The SMILES string of the molecule is N#Cc1ccc2[nH]c(=S)n(CCc3ccccc3)c2c1. The van der Waals surface area contributed by atoms with Crippen molar-refractivity contribution in [3.63, 3.8) is 0 Å². The number of hydrogen-bond acceptors (Lipinski definition) is 2. The van der Waals surface area contributed by atoms with Crippen LogP contribution in [0.25, 0.3) is 11.0 Å². The highest BCUT2D eigenvalue weighted by Crippen LogP contribution is 2.16. The summed E-state index contributed by atoms with van der Waals surface area (Å²) in [7, 11) is 0. The van der Waals surface area contributed by atoms with Crippen molar-refractivity contribution in [1.82, 2.24) is 9.55 Å². The topological polar surface area (TPSA) is 44.5 Å². The quantitative estimate of drug-likeness (QED) is 0.741. The van der Waals surface area contributed by atoms with E-state index in [1.54, 1.807) is 6.07 Å². The number of nitrogens with zero attached hydrogens (tertiary/aromatic N) is 2. The summed E-state index contributed by atoms with van der Waals surface area (Å²) < 4.78 is 2.75. The third-order valence-corrected chi connectivity index (χ3v) is 3.69. The van der Waals surface area contributed by atoms with Crippen LogP contribution in [0.1, 0.15) is 11.1 Å². The Bertz CT molecular complexity index is 838. The molecule has 1 N–H and O–H groups in total. The number of fused-ring (bicyclic) bond motifs is 1. The molecule has 0 bridgehead atoms. The predicted octanol–water partition coefficient (Wildman–Crippen LogP) is 3.81. The number of rotatable bonds is 3. The molecule has 0 saturated heterocycles. The van der Waals surface area contributed by atoms with Gasteiger partial charge in [0.05, 0.1) is 22.7 Å². The van der Waals surface area contributed by atoms with E-state index in [9.17, 15) is 0 Å². The normalized spacial score (nSPS) is 10.6. The lowest BCUT2D eigenvalue weighted by atomic mass is 10.1. The van der Waals surface area contributed by atoms with Gasteiger partial charge >= 0.3 is 0 Å². The van der Waals surface area contributed by atoms with Crippen LogP contribution < -0.4 is 0 Å². The molecule has 3 rings (SSSR count). The molecule has 0 aliphatic carbocycles. The van der Waals surface area contributed by atoms with Crippen LogP contribution in [-0.4, -0.2) is 9.55 Å². The van der Waals surface area contributed by atoms with E-state index in [1.165, 1.54) is 5.56 Å². The van der Waals surface area contributed by atoms with E-state index < -0.39 is 0 Å². The van der Waals surface area contributed by atoms with Crippen molar-refractivity contribution in [1.29, 1.82) is 5.26 Å². The van der Waals surface area contributed by atoms with Gasteiger partial charge in [0.2, 0.25) is 0 Å². The molecule has 4 heteroatoms. The second kappa shape index (κ2) is 5.32. The molecule has 0 radical (unpaired) electrons. The highest BCUT2D eigenvalue weighted by atomic mass is 32.1. The number of benzene rings is 2. The van der Waals surface area contributed by atoms with E-state index in [4.69, 9.17) is 17.5 Å². The van der Waals surface area contributed by atoms with Crippen molar-refractivity contribution in [3.05, 3.63) is 64.4 Å². The van der Waals surface area contributed by atoms with Crippen LogP contribution in [0, 0.1) is 16.1 Å². The van der Waals surface area contributed by atoms with E-state index >= 15 is 0 Å². The van der Waals surface area contributed by atoms with Crippen molar-refractivity contribution in [2.75, 3.05) is 0 Å². The van der Waals surface area contributed by atoms with Crippen LogP contribution in [0.15, 0.2) is 48.5 Å². The zero-order valence-electron chi connectivity index (χ0n) is 10.8. The smallest absolute Gasteiger partial charge is 0.178 e. The summed E-state index contributed by atoms with van der Waals surface area (Å²) in [6, 6.07) is 18.1. The lowest BCUT2D eigenvalue weighted by Crippen LogP contribution is -2.01. The van der Waals surface area contributed by atoms with Gasteiger partial charge in [-0.25, -0.2) is 0 Å². The summed E-state index contributed by atoms with van der Waals surface area (Å²) >= 11 is 5.37. The van der Waals surface area contributed by atoms with Gasteiger partial charge in [-0.2, -0.15) is 5.26 Å². The number of H-pyrrole nitrogens is 1. The first-order valence-electron chi connectivity index (χ1n) is 6.44. The van der Waals surface area contributed by atoms with Crippen molar-refractivity contribution in [2.45, 2.75) is 13.0 Å². The molecule has 0 saturated carbocycles. The van der Waals surface area contributed by atoms with Gasteiger partial charge in [0.15, 0.2) is 4.77 Å². The number of aryl methyl sites for hydroxylation is 2. The molecule has 1 aromatic heterocycles. The Morgan fingerprint density at radius 1 is 1.15 bits per heavy atom. The van der Waals surface area contributed by atoms with Gasteiger partial charge in [0.25, 0.3) is 0 Å². The van der Waals surface area contributed by atoms with Crippen LogP contribution in [0.2, 0.25) is 0 Å². The summed E-state index contributed by atoms with van der Waals surface area (Å²) in [5.74, 6) is 0. The maximum Gasteiger partial charge on any atom is 0.178 e. The van der Waals surface area contributed by atoms with Crippen LogP contribution in [0.4, 0.5) is 0 Å². The Balaban J connectivity index is 1.97. The van der Waals surface area contributed by atoms with Gasteiger partial charge in [-0.1, -0.05) is 30.3 Å². The molecule has 2 aromatic carbocycles. The zero-order valence-corrected chi connectivity index (χ0v) is 11.7. The molecule has 0 aliphatic rings. The van der Waals surface area contributed by atoms with E-state index in [-0.39, 0.29) is 0 Å². The fraction of sp³-hybridized carbons (Fsp3) is 0.125. The van der Waals surface area contributed by atoms with E-state index in [1.807, 2.05) is 30.3 Å². The summed E-state index contributed by atoms with van der Waals surface area (Å²) in [6.07, 6.45) is 0.916. The fourth-order valence-electron chi connectivity index (χ4n) is 2.33. The number of hydrogen-bond donors (Lipinski definition) is 1. The van der Waals surface area contributed by atoms with Gasteiger partial charge in [-0.3, -0.25) is 0 Å². The number of nitriles is 1. The third kappa shape index (κ3) is 2.36. The molecule has 0 fully saturated rings. The third-order valence-electron chi connectivity index (χ3n) is 3.37. The zero-order chi connectivity index (χ0) is 13.9. The Morgan fingerprint density at radius 3 is 2.70 bits per heavy atom. The minimum Gasteiger partial charge on any atom is -0.331 e. The Kier molecular flexibility index (Phi) is 3.36. The molecule has 3 aromatic rings. The summed E-state index contributed by atoms with van der Waals surface area (Å²) in [5.41, 5.74) is 3.90. The highest BCUT2D eigenvalue weighted by molar-refractivity contribution is 7.71. The average molecular weight is 279 g/mol. The first-order chi connectivity index (χ1) is 9.78. The van der Waals surface area contributed by atoms with E-state index in [0.717, 1.165) is 24.0 Å². The van der Waals surface area contributed by atoms with Crippen molar-refractivity contribution in [3.8, 4) is 6.07 Å². The van der Waals surface area contributed by atoms with Gasteiger partial charge in [-0.05, 0) is 42.4 Å². The maximum atomic E-state index is 9.01. The van der Waals surface area contributed by atoms with Gasteiger partial charge in [0, 0.05) is 6.54 Å². The molecule has 0 aliphatic heterocycles. The molecule has 1 heterocycles. The van der Waals surface area contributed by atoms with Gasteiger partial charge in [0.1, 0.15) is 0 Å². The molecule has 0 spiro atoms. The Hall–Kier alpha value is -2.38. The van der Waals surface area contributed by atoms with Crippen molar-refractivity contribution < 1.29 is 0 Å². The minimum atomic E-state index is 0.653. The predicted molar refractivity (Wildman–Crippen MR) is 82.0 cm³/mol. The molecule has 0 amide bonds. The molecule has 3 nitrogen and oxygen atoms in total. The van der Waals surface area contributed by atoms with Gasteiger partial charge < -0.3 is 9.55 Å². The maximum absolute atomic E-state index is 9.01. The van der Waals surface area contributed by atoms with Crippen LogP contribution in [-0.2, 0) is 13.0 Å². The van der Waals surface area contributed by atoms with Crippen LogP contribution in [0.5, 0.6) is 0 Å². The molecule has 20 heavy (non-hydrogen) atoms. The highest BCUT2D eigenvalue weighted by Gasteiger charge is 2.05. The van der Waals surface area contributed by atoms with Crippen LogP contribution in [0.3, 0.4) is 0 Å². The molecule has 0 unspecified atom stereocenters. The number of nitrogens with one attached hydrogen (secondary N) is 1. The number of imidazole rings is 1. The average Bonchev–Trinajstić information content (AvgIpc) is 2.80. The first-order valence-corrected chi connectivity index (χ1v) is 6.85. The number of aromatic amines is 1. The minimum absolute atomic E-state index is 0.653. The summed E-state index contributed by atoms with van der Waals surface area (Å²) in [5, 5.41) is 9.01. The van der Waals surface area contributed by atoms with Crippen molar-refractivity contribution in [2.24, 2.45) is 0 Å². The Labute approximate surface area is 122 Å². The second-order valence-electron chi connectivity index (χ2n) is 4.66. The molecular weight excluding hydrogens is 266 g/mol. The molecule has 0 atom stereocenters. The largest absolute Gasteiger partial charge is 0.331 e.